The lowest BCUT2D eigenvalue weighted by atomic mass is 10.0. The molecule has 134 valence electrons. The van der Waals surface area contributed by atoms with E-state index in [1.165, 1.54) is 33.0 Å². The molecule has 0 radical (unpaired) electrons. The molecule has 1 fully saturated rings. The molecule has 1 aliphatic heterocycles. The van der Waals surface area contributed by atoms with Gasteiger partial charge in [-0.05, 0) is 32.0 Å². The normalized spacial score (nSPS) is 14.6. The summed E-state index contributed by atoms with van der Waals surface area (Å²) in [7, 11) is 1.34. The zero-order valence-electron chi connectivity index (χ0n) is 14.0. The van der Waals surface area contributed by atoms with Crippen LogP contribution in [-0.4, -0.2) is 46.4 Å². The summed E-state index contributed by atoms with van der Waals surface area (Å²) in [5.74, 6) is -4.01. The lowest BCUT2D eigenvalue weighted by molar-refractivity contribution is -0.147. The number of carbonyl (C=O) groups excluding carboxylic acids is 3. The number of aliphatic carboxylic acids is 1. The van der Waals surface area contributed by atoms with Crippen molar-refractivity contribution in [1.29, 1.82) is 0 Å². The SMILES string of the molecule is CNC(=O)c1ccc(N(N2C(=O)CCC2=O)C(C)(C)C(=O)O)cc1F. The van der Waals surface area contributed by atoms with E-state index in [9.17, 15) is 28.7 Å². The fourth-order valence-electron chi connectivity index (χ4n) is 2.52. The maximum atomic E-state index is 14.3. The largest absolute Gasteiger partial charge is 0.479 e. The highest BCUT2D eigenvalue weighted by molar-refractivity contribution is 6.04. The van der Waals surface area contributed by atoms with Crippen LogP contribution in [0.15, 0.2) is 18.2 Å². The van der Waals surface area contributed by atoms with E-state index in [4.69, 9.17) is 0 Å². The molecule has 1 aliphatic rings. The number of benzene rings is 1. The van der Waals surface area contributed by atoms with Crippen LogP contribution in [0.3, 0.4) is 0 Å². The summed E-state index contributed by atoms with van der Waals surface area (Å²) in [5, 5.41) is 13.5. The van der Waals surface area contributed by atoms with Gasteiger partial charge < -0.3 is 10.4 Å². The van der Waals surface area contributed by atoms with E-state index < -0.39 is 35.0 Å². The van der Waals surface area contributed by atoms with Gasteiger partial charge in [0.15, 0.2) is 5.54 Å². The Morgan fingerprint density at radius 2 is 1.80 bits per heavy atom. The van der Waals surface area contributed by atoms with Crippen LogP contribution in [0.4, 0.5) is 10.1 Å². The van der Waals surface area contributed by atoms with Gasteiger partial charge in [-0.15, -0.1) is 0 Å². The van der Waals surface area contributed by atoms with Gasteiger partial charge in [-0.1, -0.05) is 0 Å². The molecule has 1 saturated heterocycles. The van der Waals surface area contributed by atoms with Crippen LogP contribution in [-0.2, 0) is 14.4 Å². The van der Waals surface area contributed by atoms with Gasteiger partial charge in [-0.25, -0.2) is 9.18 Å². The molecule has 0 spiro atoms. The smallest absolute Gasteiger partial charge is 0.331 e. The highest BCUT2D eigenvalue weighted by Crippen LogP contribution is 2.31. The van der Waals surface area contributed by atoms with E-state index in [0.717, 1.165) is 16.1 Å². The van der Waals surface area contributed by atoms with Crippen molar-refractivity contribution in [3.63, 3.8) is 0 Å². The monoisotopic (exact) mass is 351 g/mol. The summed E-state index contributed by atoms with van der Waals surface area (Å²) >= 11 is 0. The Kier molecular flexibility index (Phi) is 4.78. The molecule has 2 rings (SSSR count). The van der Waals surface area contributed by atoms with Crippen LogP contribution >= 0.6 is 0 Å². The van der Waals surface area contributed by atoms with Crippen molar-refractivity contribution in [1.82, 2.24) is 10.3 Å². The van der Waals surface area contributed by atoms with Crippen molar-refractivity contribution < 1.29 is 28.7 Å². The van der Waals surface area contributed by atoms with Gasteiger partial charge in [0.05, 0.1) is 11.3 Å². The predicted octanol–water partition coefficient (Wildman–Crippen LogP) is 0.919. The molecule has 0 bridgehead atoms. The third-order valence-electron chi connectivity index (χ3n) is 3.95. The van der Waals surface area contributed by atoms with Crippen molar-refractivity contribution in [2.75, 3.05) is 12.1 Å². The Balaban J connectivity index is 2.59. The summed E-state index contributed by atoms with van der Waals surface area (Å²) in [6, 6.07) is 3.38. The molecule has 25 heavy (non-hydrogen) atoms. The fourth-order valence-corrected chi connectivity index (χ4v) is 2.52. The Hall–Kier alpha value is -2.97. The number of carboxylic acids is 1. The minimum atomic E-state index is -1.71. The first-order chi connectivity index (χ1) is 11.6. The Labute approximate surface area is 143 Å². The highest BCUT2D eigenvalue weighted by atomic mass is 19.1. The van der Waals surface area contributed by atoms with Crippen molar-refractivity contribution in [3.8, 4) is 0 Å². The Morgan fingerprint density at radius 1 is 1.24 bits per heavy atom. The average Bonchev–Trinajstić information content (AvgIpc) is 2.86. The number of rotatable bonds is 5. The van der Waals surface area contributed by atoms with E-state index in [2.05, 4.69) is 5.32 Å². The first-order valence-corrected chi connectivity index (χ1v) is 7.52. The maximum absolute atomic E-state index is 14.3. The molecule has 3 amide bonds. The third-order valence-corrected chi connectivity index (χ3v) is 3.95. The van der Waals surface area contributed by atoms with Crippen LogP contribution < -0.4 is 10.3 Å². The van der Waals surface area contributed by atoms with Gasteiger partial charge in [0.1, 0.15) is 5.82 Å². The van der Waals surface area contributed by atoms with Gasteiger partial charge in [-0.3, -0.25) is 19.4 Å². The minimum absolute atomic E-state index is 0.0267. The molecule has 9 heteroatoms. The number of anilines is 1. The first-order valence-electron chi connectivity index (χ1n) is 7.52. The number of carbonyl (C=O) groups is 4. The number of amides is 3. The number of imide groups is 1. The molecule has 8 nitrogen and oxygen atoms in total. The summed E-state index contributed by atoms with van der Waals surface area (Å²) in [6.07, 6.45) is -0.103. The Morgan fingerprint density at radius 3 is 2.24 bits per heavy atom. The van der Waals surface area contributed by atoms with Crippen LogP contribution in [0.25, 0.3) is 0 Å². The predicted molar refractivity (Wildman–Crippen MR) is 85.1 cm³/mol. The number of carboxylic acid groups (broad SMARTS) is 1. The molecule has 1 aromatic rings. The quantitative estimate of drug-likeness (QED) is 0.764. The zero-order chi connectivity index (χ0) is 18.9. The molecule has 1 aromatic carbocycles. The van der Waals surface area contributed by atoms with Crippen LogP contribution in [0, 0.1) is 5.82 Å². The second-order valence-corrected chi connectivity index (χ2v) is 6.02. The molecule has 0 aromatic heterocycles. The third kappa shape index (κ3) is 3.17. The lowest BCUT2D eigenvalue weighted by Gasteiger charge is -2.41. The van der Waals surface area contributed by atoms with E-state index >= 15 is 0 Å². The molecule has 0 atom stereocenters. The molecular weight excluding hydrogens is 333 g/mol. The minimum Gasteiger partial charge on any atom is -0.479 e. The Bertz CT molecular complexity index is 746. The van der Waals surface area contributed by atoms with Crippen molar-refractivity contribution in [2.24, 2.45) is 0 Å². The summed E-state index contributed by atoms with van der Waals surface area (Å²) in [6.45, 7) is 2.58. The van der Waals surface area contributed by atoms with E-state index in [0.29, 0.717) is 0 Å². The number of nitrogens with one attached hydrogen (secondary N) is 1. The zero-order valence-corrected chi connectivity index (χ0v) is 14.0. The van der Waals surface area contributed by atoms with Crippen molar-refractivity contribution in [2.45, 2.75) is 32.2 Å². The highest BCUT2D eigenvalue weighted by Gasteiger charge is 2.45. The summed E-state index contributed by atoms with van der Waals surface area (Å²) in [4.78, 5) is 47.4. The second kappa shape index (κ2) is 6.50. The number of hydrogen-bond acceptors (Lipinski definition) is 5. The topological polar surface area (TPSA) is 107 Å². The standard InChI is InChI=1S/C16H18FN3O5/c1-16(2,15(24)25)20(19-12(21)6-7-13(19)22)9-4-5-10(11(17)8-9)14(23)18-3/h4-5,8H,6-7H2,1-3H3,(H,18,23)(H,24,25). The lowest BCUT2D eigenvalue weighted by Crippen LogP contribution is -2.60. The second-order valence-electron chi connectivity index (χ2n) is 6.02. The van der Waals surface area contributed by atoms with Crippen LogP contribution in [0.2, 0.25) is 0 Å². The van der Waals surface area contributed by atoms with E-state index in [1.54, 1.807) is 0 Å². The molecule has 1 heterocycles. The summed E-state index contributed by atoms with van der Waals surface area (Å²) in [5.41, 5.74) is -1.98. The van der Waals surface area contributed by atoms with Gasteiger partial charge >= 0.3 is 5.97 Å². The molecule has 2 N–H and O–H groups in total. The van der Waals surface area contributed by atoms with Crippen molar-refractivity contribution in [3.05, 3.63) is 29.6 Å². The summed E-state index contributed by atoms with van der Waals surface area (Å²) < 4.78 is 14.3. The van der Waals surface area contributed by atoms with E-state index in [-0.39, 0.29) is 24.1 Å². The molecular formula is C16H18FN3O5. The number of hydrogen-bond donors (Lipinski definition) is 2. The molecule has 0 saturated carbocycles. The van der Waals surface area contributed by atoms with Crippen LogP contribution in [0.5, 0.6) is 0 Å². The van der Waals surface area contributed by atoms with Crippen molar-refractivity contribution >= 4 is 29.4 Å². The number of halogens is 1. The number of hydrazine groups is 1. The van der Waals surface area contributed by atoms with Gasteiger partial charge in [0.25, 0.3) is 5.91 Å². The molecule has 0 unspecified atom stereocenters. The number of nitrogens with zero attached hydrogens (tertiary/aromatic N) is 2. The average molecular weight is 351 g/mol. The fraction of sp³-hybridized carbons (Fsp3) is 0.375. The molecule has 0 aliphatic carbocycles. The van der Waals surface area contributed by atoms with Crippen LogP contribution in [0.1, 0.15) is 37.0 Å². The first kappa shape index (κ1) is 18.4. The maximum Gasteiger partial charge on any atom is 0.331 e. The van der Waals surface area contributed by atoms with Gasteiger partial charge in [0, 0.05) is 19.9 Å². The van der Waals surface area contributed by atoms with Gasteiger partial charge in [0.2, 0.25) is 11.8 Å². The van der Waals surface area contributed by atoms with Gasteiger partial charge in [-0.2, -0.15) is 5.01 Å². The van der Waals surface area contributed by atoms with E-state index in [1.807, 2.05) is 0 Å².